The summed E-state index contributed by atoms with van der Waals surface area (Å²) in [6, 6.07) is 5.55. The Morgan fingerprint density at radius 1 is 1.25 bits per heavy atom. The molecule has 3 atom stereocenters. The van der Waals surface area contributed by atoms with Crippen LogP contribution in [0.2, 0.25) is 0 Å². The molecule has 3 heterocycles. The molecule has 154 valence electrons. The van der Waals surface area contributed by atoms with Gasteiger partial charge in [0, 0.05) is 38.4 Å². The van der Waals surface area contributed by atoms with Crippen molar-refractivity contribution in [3.63, 3.8) is 0 Å². The van der Waals surface area contributed by atoms with Gasteiger partial charge in [0.05, 0.1) is 18.2 Å². The van der Waals surface area contributed by atoms with Crippen molar-refractivity contribution >= 4 is 5.91 Å². The smallest absolute Gasteiger partial charge is 0.353 e. The highest BCUT2D eigenvalue weighted by Gasteiger charge is 2.58. The molecule has 0 bridgehead atoms. The molecule has 4 rings (SSSR count). The van der Waals surface area contributed by atoms with E-state index in [0.717, 1.165) is 43.6 Å². The van der Waals surface area contributed by atoms with Gasteiger partial charge in [-0.2, -0.15) is 13.2 Å². The van der Waals surface area contributed by atoms with Crippen LogP contribution in [0, 0.1) is 11.8 Å². The van der Waals surface area contributed by atoms with E-state index in [4.69, 9.17) is 4.74 Å². The normalized spacial score (nSPS) is 31.2. The van der Waals surface area contributed by atoms with Crippen LogP contribution in [0.4, 0.5) is 13.2 Å². The Morgan fingerprint density at radius 3 is 2.61 bits per heavy atom. The van der Waals surface area contributed by atoms with E-state index in [0.29, 0.717) is 25.5 Å². The summed E-state index contributed by atoms with van der Waals surface area (Å²) < 4.78 is 44.6. The SMILES string of the molecule is CC(C)[C@H]1COC23CCN(Cc4ccc(C(F)(F)F)cc4)C[C@H]2CCC(=O)N13. The molecule has 3 fully saturated rings. The number of benzene rings is 1. The second-order valence-corrected chi connectivity index (χ2v) is 8.65. The Morgan fingerprint density at radius 2 is 1.96 bits per heavy atom. The minimum absolute atomic E-state index is 0.136. The average molecular weight is 396 g/mol. The summed E-state index contributed by atoms with van der Waals surface area (Å²) in [4.78, 5) is 17.0. The van der Waals surface area contributed by atoms with E-state index in [-0.39, 0.29) is 17.9 Å². The Balaban J connectivity index is 1.46. The standard InChI is InChI=1S/C21H27F3N2O2/c1-14(2)18-13-28-20-9-10-25(12-17(20)7-8-19(27)26(18)20)11-15-3-5-16(6-4-15)21(22,23)24/h3-6,14,17-18H,7-13H2,1-2H3/t17-,18-,20?/m1/s1. The molecule has 0 aliphatic carbocycles. The first-order valence-corrected chi connectivity index (χ1v) is 10.1. The number of hydrogen-bond acceptors (Lipinski definition) is 3. The molecule has 0 aromatic heterocycles. The predicted molar refractivity (Wildman–Crippen MR) is 98.2 cm³/mol. The van der Waals surface area contributed by atoms with E-state index in [1.165, 1.54) is 0 Å². The Labute approximate surface area is 163 Å². The van der Waals surface area contributed by atoms with Gasteiger partial charge in [-0.25, -0.2) is 0 Å². The zero-order valence-corrected chi connectivity index (χ0v) is 16.3. The van der Waals surface area contributed by atoms with E-state index in [2.05, 4.69) is 18.7 Å². The molecular formula is C21H27F3N2O2. The fraction of sp³-hybridized carbons (Fsp3) is 0.667. The number of rotatable bonds is 3. The van der Waals surface area contributed by atoms with Crippen LogP contribution in [0.1, 0.15) is 44.2 Å². The molecule has 1 aromatic carbocycles. The molecule has 3 aliphatic rings. The molecule has 1 spiro atoms. The van der Waals surface area contributed by atoms with Gasteiger partial charge in [-0.3, -0.25) is 9.69 Å². The number of ether oxygens (including phenoxy) is 1. The van der Waals surface area contributed by atoms with E-state index in [9.17, 15) is 18.0 Å². The average Bonchev–Trinajstić information content (AvgIpc) is 3.03. The molecule has 7 heteroatoms. The number of carbonyl (C=O) groups is 1. The molecule has 0 saturated carbocycles. The van der Waals surface area contributed by atoms with Crippen molar-refractivity contribution in [2.45, 2.75) is 57.6 Å². The van der Waals surface area contributed by atoms with Gasteiger partial charge in [-0.15, -0.1) is 0 Å². The second-order valence-electron chi connectivity index (χ2n) is 8.65. The highest BCUT2D eigenvalue weighted by molar-refractivity contribution is 5.78. The van der Waals surface area contributed by atoms with Crippen LogP contribution in [0.15, 0.2) is 24.3 Å². The number of hydrogen-bond donors (Lipinski definition) is 0. The van der Waals surface area contributed by atoms with Crippen LogP contribution in [0.25, 0.3) is 0 Å². The van der Waals surface area contributed by atoms with E-state index in [1.807, 2.05) is 4.90 Å². The van der Waals surface area contributed by atoms with E-state index < -0.39 is 17.5 Å². The summed E-state index contributed by atoms with van der Waals surface area (Å²) >= 11 is 0. The van der Waals surface area contributed by atoms with Crippen LogP contribution in [0.3, 0.4) is 0 Å². The van der Waals surface area contributed by atoms with Gasteiger partial charge >= 0.3 is 6.18 Å². The first kappa shape index (κ1) is 19.7. The van der Waals surface area contributed by atoms with Gasteiger partial charge < -0.3 is 9.64 Å². The fourth-order valence-electron chi connectivity index (χ4n) is 5.05. The van der Waals surface area contributed by atoms with Crippen molar-refractivity contribution in [2.24, 2.45) is 11.8 Å². The highest BCUT2D eigenvalue weighted by atomic mass is 19.4. The largest absolute Gasteiger partial charge is 0.416 e. The van der Waals surface area contributed by atoms with Crippen LogP contribution in [-0.2, 0) is 22.3 Å². The topological polar surface area (TPSA) is 32.8 Å². The minimum atomic E-state index is -4.30. The van der Waals surface area contributed by atoms with Crippen LogP contribution in [-0.4, -0.2) is 47.2 Å². The number of alkyl halides is 3. The molecule has 0 N–H and O–H groups in total. The van der Waals surface area contributed by atoms with Crippen LogP contribution in [0.5, 0.6) is 0 Å². The Hall–Kier alpha value is -1.60. The lowest BCUT2D eigenvalue weighted by Gasteiger charge is -2.53. The molecule has 3 saturated heterocycles. The van der Waals surface area contributed by atoms with Crippen LogP contribution < -0.4 is 0 Å². The zero-order valence-electron chi connectivity index (χ0n) is 16.3. The lowest BCUT2D eigenvalue weighted by Crippen LogP contribution is -2.65. The van der Waals surface area contributed by atoms with Crippen molar-refractivity contribution < 1.29 is 22.7 Å². The van der Waals surface area contributed by atoms with Crippen molar-refractivity contribution in [3.05, 3.63) is 35.4 Å². The van der Waals surface area contributed by atoms with Crippen molar-refractivity contribution in [1.82, 2.24) is 9.80 Å². The third kappa shape index (κ3) is 3.32. The van der Waals surface area contributed by atoms with Crippen molar-refractivity contribution in [1.29, 1.82) is 0 Å². The maximum Gasteiger partial charge on any atom is 0.416 e. The monoisotopic (exact) mass is 396 g/mol. The quantitative estimate of drug-likeness (QED) is 0.777. The molecule has 1 unspecified atom stereocenters. The molecule has 4 nitrogen and oxygen atoms in total. The summed E-state index contributed by atoms with van der Waals surface area (Å²) in [5, 5.41) is 0. The number of amides is 1. The molecule has 28 heavy (non-hydrogen) atoms. The maximum atomic E-state index is 12.8. The molecule has 0 radical (unpaired) electrons. The molecule has 3 aliphatic heterocycles. The third-order valence-corrected chi connectivity index (χ3v) is 6.58. The van der Waals surface area contributed by atoms with E-state index >= 15 is 0 Å². The summed E-state index contributed by atoms with van der Waals surface area (Å²) in [5.41, 5.74) is -0.226. The first-order chi connectivity index (χ1) is 13.2. The van der Waals surface area contributed by atoms with Gasteiger partial charge in [-0.1, -0.05) is 26.0 Å². The highest BCUT2D eigenvalue weighted by Crippen LogP contribution is 2.47. The Bertz CT molecular complexity index is 734. The number of nitrogens with zero attached hydrogens (tertiary/aromatic N) is 2. The summed E-state index contributed by atoms with van der Waals surface area (Å²) in [5.74, 6) is 0.799. The van der Waals surface area contributed by atoms with Crippen molar-refractivity contribution in [2.75, 3.05) is 19.7 Å². The first-order valence-electron chi connectivity index (χ1n) is 10.1. The second kappa shape index (κ2) is 7.02. The van der Waals surface area contributed by atoms with Gasteiger partial charge in [-0.05, 0) is 30.0 Å². The summed E-state index contributed by atoms with van der Waals surface area (Å²) in [6.45, 7) is 7.04. The van der Waals surface area contributed by atoms with Gasteiger partial charge in [0.25, 0.3) is 0 Å². The van der Waals surface area contributed by atoms with Crippen LogP contribution >= 0.6 is 0 Å². The summed E-state index contributed by atoms with van der Waals surface area (Å²) in [7, 11) is 0. The molecule has 1 aromatic rings. The van der Waals surface area contributed by atoms with Gasteiger partial charge in [0.15, 0.2) is 0 Å². The number of likely N-dealkylation sites (tertiary alicyclic amines) is 1. The Kier molecular flexibility index (Phi) is 4.94. The van der Waals surface area contributed by atoms with Crippen molar-refractivity contribution in [3.8, 4) is 0 Å². The fourth-order valence-corrected chi connectivity index (χ4v) is 5.05. The lowest BCUT2D eigenvalue weighted by atomic mass is 9.79. The molecule has 1 amide bonds. The lowest BCUT2D eigenvalue weighted by molar-refractivity contribution is -0.193. The minimum Gasteiger partial charge on any atom is -0.353 e. The summed E-state index contributed by atoms with van der Waals surface area (Å²) in [6.07, 6.45) is -2.19. The molecular weight excluding hydrogens is 369 g/mol. The van der Waals surface area contributed by atoms with E-state index in [1.54, 1.807) is 12.1 Å². The zero-order chi connectivity index (χ0) is 20.1. The third-order valence-electron chi connectivity index (χ3n) is 6.58. The maximum absolute atomic E-state index is 12.8. The number of carbonyl (C=O) groups excluding carboxylic acids is 1. The predicted octanol–water partition coefficient (Wildman–Crippen LogP) is 3.90. The number of halogens is 3. The van der Waals surface area contributed by atoms with Gasteiger partial charge in [0.2, 0.25) is 5.91 Å². The number of piperidine rings is 2. The van der Waals surface area contributed by atoms with Gasteiger partial charge in [0.1, 0.15) is 5.72 Å².